The van der Waals surface area contributed by atoms with Gasteiger partial charge in [0.15, 0.2) is 11.3 Å². The van der Waals surface area contributed by atoms with E-state index in [9.17, 15) is 28.0 Å². The molecule has 2 unspecified atom stereocenters. The van der Waals surface area contributed by atoms with E-state index in [-0.39, 0.29) is 47.4 Å². The fourth-order valence-corrected chi connectivity index (χ4v) is 10.7. The van der Waals surface area contributed by atoms with Gasteiger partial charge in [0.25, 0.3) is 0 Å². The van der Waals surface area contributed by atoms with Crippen LogP contribution in [0.1, 0.15) is 132 Å². The van der Waals surface area contributed by atoms with Gasteiger partial charge in [-0.1, -0.05) is 103 Å². The zero-order valence-corrected chi connectivity index (χ0v) is 46.9. The second-order valence-electron chi connectivity index (χ2n) is 22.0. The molecule has 6 heterocycles. The van der Waals surface area contributed by atoms with Crippen LogP contribution in [0.15, 0.2) is 86.2 Å². The third-order valence-electron chi connectivity index (χ3n) is 15.4. The number of nitrogens with one attached hydrogen (secondary N) is 4. The molecule has 4 fully saturated rings. The second kappa shape index (κ2) is 27.4. The van der Waals surface area contributed by atoms with Gasteiger partial charge in [0.05, 0.1) is 30.4 Å². The Balaban J connectivity index is 0.000000182. The number of benzene rings is 2. The average molecular weight is 1110 g/mol. The first-order valence-corrected chi connectivity index (χ1v) is 28.3. The minimum Gasteiger partial charge on any atom is -0.481 e. The Labute approximate surface area is 471 Å². The number of nitrogens with two attached hydrogens (primary N) is 1. The molecule has 2 aliphatic heterocycles. The number of carboxylic acid groups (broad SMARTS) is 1. The molecule has 2 aliphatic carbocycles. The monoisotopic (exact) mass is 1110 g/mol. The van der Waals surface area contributed by atoms with Crippen molar-refractivity contribution in [2.75, 3.05) is 53.2 Å². The molecule has 22 heteroatoms. The first-order chi connectivity index (χ1) is 39.0. The maximum atomic E-state index is 14.6. The molecule has 2 amide bonds. The Morgan fingerprint density at radius 2 is 1.11 bits per heavy atom. The molecule has 0 spiro atoms. The molecular weight excluding hydrogens is 1040 g/mol. The van der Waals surface area contributed by atoms with Crippen LogP contribution in [-0.4, -0.2) is 128 Å². The maximum Gasteiger partial charge on any atom is 0.308 e. The lowest BCUT2D eigenvalue weighted by molar-refractivity contribution is -0.141. The smallest absolute Gasteiger partial charge is 0.308 e. The number of aliphatic carboxylic acids is 1. The molecule has 81 heavy (non-hydrogen) atoms. The Bertz CT molecular complexity index is 3180. The number of halogens is 2. The molecule has 2 saturated heterocycles. The second-order valence-corrected chi connectivity index (χ2v) is 22.0. The number of hydrogen-bond acceptors (Lipinski definition) is 15. The van der Waals surface area contributed by atoms with Crippen LogP contribution in [0.5, 0.6) is 0 Å². The molecule has 0 radical (unpaired) electrons. The molecule has 6 aromatic rings. The molecule has 20 nitrogen and oxygen atoms in total. The largest absolute Gasteiger partial charge is 0.481 e. The fraction of sp³-hybridized carbons (Fsp3) is 0.492. The quantitative estimate of drug-likeness (QED) is 0.0347. The van der Waals surface area contributed by atoms with Gasteiger partial charge in [-0.2, -0.15) is 39.2 Å². The summed E-state index contributed by atoms with van der Waals surface area (Å²) in [6.07, 6.45) is 12.4. The Hall–Kier alpha value is -8.04. The highest BCUT2D eigenvalue weighted by molar-refractivity contribution is 5.89. The van der Waals surface area contributed by atoms with E-state index < -0.39 is 24.2 Å². The zero-order chi connectivity index (χ0) is 57.7. The van der Waals surface area contributed by atoms with Gasteiger partial charge in [0, 0.05) is 68.4 Å². The van der Waals surface area contributed by atoms with Crippen molar-refractivity contribution in [3.8, 4) is 0 Å². The van der Waals surface area contributed by atoms with E-state index in [0.29, 0.717) is 107 Å². The lowest BCUT2D eigenvalue weighted by atomic mass is 9.94. The van der Waals surface area contributed by atoms with Gasteiger partial charge < -0.3 is 41.9 Å². The first-order valence-electron chi connectivity index (χ1n) is 28.3. The Morgan fingerprint density at radius 1 is 0.654 bits per heavy atom. The summed E-state index contributed by atoms with van der Waals surface area (Å²) in [7, 11) is 0. The van der Waals surface area contributed by atoms with Crippen LogP contribution < -0.4 is 27.0 Å². The highest BCUT2D eigenvalue weighted by atomic mass is 19.1. The van der Waals surface area contributed by atoms with E-state index in [1.165, 1.54) is 17.1 Å². The molecule has 4 aromatic heterocycles. The van der Waals surface area contributed by atoms with Gasteiger partial charge >= 0.3 is 5.97 Å². The molecule has 2 saturated carbocycles. The lowest BCUT2D eigenvalue weighted by Gasteiger charge is -2.26. The fourth-order valence-electron chi connectivity index (χ4n) is 10.7. The number of amides is 2. The minimum atomic E-state index is -0.917. The third kappa shape index (κ3) is 15.3. The predicted octanol–water partition coefficient (Wildman–Crippen LogP) is 8.94. The predicted molar refractivity (Wildman–Crippen MR) is 309 cm³/mol. The summed E-state index contributed by atoms with van der Waals surface area (Å²) < 4.78 is 32.3. The molecule has 4 aliphatic rings. The van der Waals surface area contributed by atoms with E-state index in [1.54, 1.807) is 20.1 Å². The first kappa shape index (κ1) is 59.1. The summed E-state index contributed by atoms with van der Waals surface area (Å²) in [5, 5.41) is 30.8. The minimum absolute atomic E-state index is 0.124. The molecule has 7 N–H and O–H groups in total. The van der Waals surface area contributed by atoms with Crippen molar-refractivity contribution in [1.29, 1.82) is 0 Å². The van der Waals surface area contributed by atoms with Gasteiger partial charge in [-0.25, -0.2) is 8.78 Å². The summed E-state index contributed by atoms with van der Waals surface area (Å²) in [6.45, 7) is 18.2. The summed E-state index contributed by atoms with van der Waals surface area (Å²) in [5.41, 5.74) is 13.0. The number of anilines is 5. The highest BCUT2D eigenvalue weighted by Gasteiger charge is 2.32. The number of hydrogen-bond donors (Lipinski definition) is 6. The van der Waals surface area contributed by atoms with Crippen molar-refractivity contribution in [2.24, 2.45) is 11.8 Å². The van der Waals surface area contributed by atoms with Crippen molar-refractivity contribution in [3.63, 3.8) is 0 Å². The van der Waals surface area contributed by atoms with Crippen LogP contribution in [0.2, 0.25) is 0 Å². The van der Waals surface area contributed by atoms with E-state index in [1.807, 2.05) is 54.7 Å². The number of fused-ring (bicyclic) bond motifs is 2. The van der Waals surface area contributed by atoms with Gasteiger partial charge in [-0.15, -0.1) is 0 Å². The molecule has 0 bridgehead atoms. The van der Waals surface area contributed by atoms with E-state index in [2.05, 4.69) is 87.3 Å². The van der Waals surface area contributed by atoms with Crippen LogP contribution in [0.25, 0.3) is 11.3 Å². The number of Topliss-reactive ketones (excluding diaryl/α,β-unsaturated/α-hetero) is 1. The summed E-state index contributed by atoms with van der Waals surface area (Å²) in [4.78, 5) is 68.2. The molecular formula is C59H77F2N15O5. The number of nitrogens with zero attached hydrogens (tertiary/aromatic N) is 10. The SMILES string of the molecule is C=CC(=O)N1CCC(C(=O)Cc2cccc(CNc3nc(N[C@@H]4CCCC[C@H]4F)nc4c(C(C)C)cnn34)c2)C1.C=CC(=O)N1CCC(C(=O)O)C1.CC(C)c1cnn2c(NCc3cccc(N)c3)nc(N[C@@H]3CCCC[C@H]3F)nc12. The number of rotatable bonds is 18. The van der Waals surface area contributed by atoms with Gasteiger partial charge in [-0.05, 0) is 91.3 Å². The number of ketones is 1. The molecule has 2 aromatic carbocycles. The van der Waals surface area contributed by atoms with E-state index >= 15 is 0 Å². The zero-order valence-electron chi connectivity index (χ0n) is 46.9. The third-order valence-corrected chi connectivity index (χ3v) is 15.4. The lowest BCUT2D eigenvalue weighted by Crippen LogP contribution is -2.34. The van der Waals surface area contributed by atoms with Crippen molar-refractivity contribution < 1.29 is 33.1 Å². The summed E-state index contributed by atoms with van der Waals surface area (Å²) in [6, 6.07) is 15.1. The standard InChI is InChI=1S/C30H38FN7O2.C21H28FN7.C8H11NO3/c1-4-27(40)37-13-12-22(18-37)26(39)15-20-8-7-9-21(14-20)16-32-30-36-29(34-25-11-6-5-10-24(25)31)35-28-23(19(2)3)17-33-38(28)30;1-13(2)16-12-25-29-19(16)27-20(26-18-9-4-3-8-17(18)22)28-21(29)24-11-14-6-5-7-15(23)10-14;1-2-7(10)9-4-3-6(5-9)8(11)12/h4,7-9,14,17,19,22,24-25H,1,5-6,10-13,15-16,18H2,2-3H3,(H2,32,34,35,36);5-7,10,12-13,17-18H,3-4,8-9,11,23H2,1-2H3,(H2,24,26,27,28);2,6H,1,3-5H2,(H,11,12)/t22?,24-,25-;17-,18-;/m11./s1. The van der Waals surface area contributed by atoms with Crippen molar-refractivity contribution >= 4 is 64.3 Å². The maximum absolute atomic E-state index is 14.6. The number of carboxylic acids is 1. The van der Waals surface area contributed by atoms with Crippen LogP contribution >= 0.6 is 0 Å². The number of carbonyl (C=O) groups excluding carboxylic acids is 3. The Morgan fingerprint density at radius 3 is 1.57 bits per heavy atom. The van der Waals surface area contributed by atoms with Gasteiger partial charge in [-0.3, -0.25) is 19.2 Å². The number of likely N-dealkylation sites (tertiary alicyclic amines) is 2. The van der Waals surface area contributed by atoms with E-state index in [0.717, 1.165) is 72.0 Å². The van der Waals surface area contributed by atoms with Crippen LogP contribution in [0.4, 0.5) is 38.3 Å². The van der Waals surface area contributed by atoms with Crippen molar-refractivity contribution in [1.82, 2.24) is 49.0 Å². The molecule has 6 atom stereocenters. The molecule has 432 valence electrons. The number of alkyl halides is 2. The average Bonchev–Trinajstić information content (AvgIpc) is 4.41. The topological polar surface area (TPSA) is 255 Å². The van der Waals surface area contributed by atoms with Gasteiger partial charge in [0.1, 0.15) is 18.1 Å². The van der Waals surface area contributed by atoms with Crippen LogP contribution in [0.3, 0.4) is 0 Å². The van der Waals surface area contributed by atoms with Gasteiger partial charge in [0.2, 0.25) is 35.6 Å². The number of carbonyl (C=O) groups is 4. The van der Waals surface area contributed by atoms with Crippen LogP contribution in [0, 0.1) is 11.8 Å². The van der Waals surface area contributed by atoms with Crippen molar-refractivity contribution in [3.05, 3.63) is 114 Å². The van der Waals surface area contributed by atoms with E-state index in [4.69, 9.17) is 15.8 Å². The molecule has 10 rings (SSSR count). The van der Waals surface area contributed by atoms with Crippen molar-refractivity contribution in [2.45, 2.75) is 148 Å². The number of nitrogen functional groups attached to an aromatic ring is 1. The normalized spacial score (nSPS) is 20.7. The van der Waals surface area contributed by atoms with Crippen LogP contribution in [-0.2, 0) is 38.7 Å². The summed E-state index contributed by atoms with van der Waals surface area (Å²) in [5.74, 6) is 0.870. The summed E-state index contributed by atoms with van der Waals surface area (Å²) >= 11 is 0. The number of aromatic nitrogens is 8. The highest BCUT2D eigenvalue weighted by Crippen LogP contribution is 2.29. The Kier molecular flexibility index (Phi) is 20.0.